The normalized spacial score (nSPS) is 15.2. The van der Waals surface area contributed by atoms with Crippen molar-refractivity contribution in [2.45, 2.75) is 26.4 Å². The molecule has 1 amide bonds. The molecule has 2 aromatic heterocycles. The number of H-pyrrole nitrogens is 1. The van der Waals surface area contributed by atoms with Gasteiger partial charge in [0.2, 0.25) is 11.9 Å². The van der Waals surface area contributed by atoms with E-state index in [1.807, 2.05) is 16.7 Å². The zero-order chi connectivity index (χ0) is 21.5. The highest BCUT2D eigenvalue weighted by molar-refractivity contribution is 6.30. The molecule has 1 atom stereocenters. The Morgan fingerprint density at radius 3 is 2.63 bits per heavy atom. The standard InChI is InChI=1S/C19H25ClN6O4/c1-13(12-30-16-11-23-24-18(28)14(16)2)29-8-3-17(27)25-4-6-26(7-5-25)19-21-9-15(20)10-22-19/h9-11,13H,3-8,12H2,1-2H3,(H,24,28)/t13-/m1/s1. The largest absolute Gasteiger partial charge is 0.489 e. The zero-order valence-corrected chi connectivity index (χ0v) is 17.8. The first-order valence-electron chi connectivity index (χ1n) is 9.73. The lowest BCUT2D eigenvalue weighted by Crippen LogP contribution is -2.49. The predicted molar refractivity (Wildman–Crippen MR) is 111 cm³/mol. The first-order chi connectivity index (χ1) is 14.4. The highest BCUT2D eigenvalue weighted by atomic mass is 35.5. The van der Waals surface area contributed by atoms with Crippen molar-refractivity contribution in [1.29, 1.82) is 0 Å². The highest BCUT2D eigenvalue weighted by Crippen LogP contribution is 2.14. The van der Waals surface area contributed by atoms with E-state index in [9.17, 15) is 9.59 Å². The van der Waals surface area contributed by atoms with E-state index in [2.05, 4.69) is 20.2 Å². The number of halogens is 1. The van der Waals surface area contributed by atoms with Crippen LogP contribution in [0.15, 0.2) is 23.4 Å². The minimum atomic E-state index is -0.283. The topological polar surface area (TPSA) is 114 Å². The summed E-state index contributed by atoms with van der Waals surface area (Å²) in [5.41, 5.74) is 0.185. The van der Waals surface area contributed by atoms with Crippen LogP contribution in [0.3, 0.4) is 0 Å². The van der Waals surface area contributed by atoms with Crippen LogP contribution in [-0.2, 0) is 9.53 Å². The van der Waals surface area contributed by atoms with Crippen LogP contribution in [-0.4, -0.2) is 76.5 Å². The van der Waals surface area contributed by atoms with Gasteiger partial charge in [0.25, 0.3) is 5.56 Å². The summed E-state index contributed by atoms with van der Waals surface area (Å²) in [6, 6.07) is 0. The van der Waals surface area contributed by atoms with Crippen LogP contribution in [0.25, 0.3) is 0 Å². The van der Waals surface area contributed by atoms with Crippen LogP contribution in [0.5, 0.6) is 5.75 Å². The molecule has 1 N–H and O–H groups in total. The van der Waals surface area contributed by atoms with E-state index in [1.165, 1.54) is 6.20 Å². The fourth-order valence-electron chi connectivity index (χ4n) is 2.97. The number of ether oxygens (including phenoxy) is 2. The zero-order valence-electron chi connectivity index (χ0n) is 17.0. The lowest BCUT2D eigenvalue weighted by molar-refractivity contribution is -0.133. The Morgan fingerprint density at radius 2 is 1.93 bits per heavy atom. The van der Waals surface area contributed by atoms with Crippen LogP contribution in [0.4, 0.5) is 5.95 Å². The Bertz CT molecular complexity index is 899. The van der Waals surface area contributed by atoms with Crippen molar-refractivity contribution in [3.63, 3.8) is 0 Å². The monoisotopic (exact) mass is 436 g/mol. The van der Waals surface area contributed by atoms with Crippen molar-refractivity contribution in [2.75, 3.05) is 44.3 Å². The Morgan fingerprint density at radius 1 is 1.23 bits per heavy atom. The third-order valence-electron chi connectivity index (χ3n) is 4.77. The Labute approximate surface area is 179 Å². The molecule has 162 valence electrons. The Kier molecular flexibility index (Phi) is 7.58. The number of nitrogens with zero attached hydrogens (tertiary/aromatic N) is 5. The average Bonchev–Trinajstić information content (AvgIpc) is 2.75. The molecule has 1 saturated heterocycles. The summed E-state index contributed by atoms with van der Waals surface area (Å²) in [5.74, 6) is 1.09. The molecule has 0 radical (unpaired) electrons. The van der Waals surface area contributed by atoms with E-state index in [1.54, 1.807) is 19.3 Å². The number of carbonyl (C=O) groups excluding carboxylic acids is 1. The van der Waals surface area contributed by atoms with Crippen molar-refractivity contribution >= 4 is 23.5 Å². The highest BCUT2D eigenvalue weighted by Gasteiger charge is 2.22. The van der Waals surface area contributed by atoms with Crippen LogP contribution in [0.1, 0.15) is 18.9 Å². The molecule has 0 aromatic carbocycles. The molecule has 1 aliphatic rings. The number of rotatable bonds is 8. The lowest BCUT2D eigenvalue weighted by atomic mass is 10.3. The van der Waals surface area contributed by atoms with Crippen molar-refractivity contribution in [3.8, 4) is 5.75 Å². The number of piperazine rings is 1. The summed E-state index contributed by atoms with van der Waals surface area (Å²) in [6.45, 7) is 6.64. The molecular weight excluding hydrogens is 412 g/mol. The van der Waals surface area contributed by atoms with Gasteiger partial charge >= 0.3 is 0 Å². The summed E-state index contributed by atoms with van der Waals surface area (Å²) in [4.78, 5) is 36.2. The number of anilines is 1. The molecule has 2 aromatic rings. The quantitative estimate of drug-likeness (QED) is 0.653. The van der Waals surface area contributed by atoms with Gasteiger partial charge < -0.3 is 19.3 Å². The Balaban J connectivity index is 1.35. The third-order valence-corrected chi connectivity index (χ3v) is 4.97. The minimum absolute atomic E-state index is 0.0504. The maximum atomic E-state index is 12.4. The molecule has 30 heavy (non-hydrogen) atoms. The summed E-state index contributed by atoms with van der Waals surface area (Å²) in [6.07, 6.45) is 4.67. The van der Waals surface area contributed by atoms with E-state index in [0.717, 1.165) is 0 Å². The van der Waals surface area contributed by atoms with Crippen LogP contribution >= 0.6 is 11.6 Å². The van der Waals surface area contributed by atoms with Crippen molar-refractivity contribution in [2.24, 2.45) is 0 Å². The molecule has 0 aliphatic carbocycles. The molecule has 0 bridgehead atoms. The molecule has 3 rings (SSSR count). The van der Waals surface area contributed by atoms with Crippen LogP contribution < -0.4 is 15.2 Å². The van der Waals surface area contributed by atoms with Gasteiger partial charge in [-0.3, -0.25) is 9.59 Å². The molecule has 0 unspecified atom stereocenters. The van der Waals surface area contributed by atoms with E-state index >= 15 is 0 Å². The van der Waals surface area contributed by atoms with Gasteiger partial charge in [0.05, 0.1) is 48.3 Å². The maximum absolute atomic E-state index is 12.4. The van der Waals surface area contributed by atoms with Gasteiger partial charge in [-0.1, -0.05) is 11.6 Å². The van der Waals surface area contributed by atoms with Gasteiger partial charge in [-0.05, 0) is 13.8 Å². The summed E-state index contributed by atoms with van der Waals surface area (Å²) in [5, 5.41) is 6.56. The number of amides is 1. The first kappa shape index (κ1) is 22.0. The minimum Gasteiger partial charge on any atom is -0.489 e. The van der Waals surface area contributed by atoms with Gasteiger partial charge in [-0.25, -0.2) is 15.1 Å². The fraction of sp³-hybridized carbons (Fsp3) is 0.526. The molecule has 0 saturated carbocycles. The average molecular weight is 437 g/mol. The number of aromatic amines is 1. The summed E-state index contributed by atoms with van der Waals surface area (Å²) >= 11 is 5.82. The molecule has 1 fully saturated rings. The SMILES string of the molecule is Cc1c(OC[C@@H](C)OCCC(=O)N2CCN(c3ncc(Cl)cn3)CC2)cn[nH]c1=O. The molecule has 10 nitrogen and oxygen atoms in total. The van der Waals surface area contributed by atoms with Gasteiger partial charge in [0.15, 0.2) is 0 Å². The van der Waals surface area contributed by atoms with Crippen molar-refractivity contribution < 1.29 is 14.3 Å². The smallest absolute Gasteiger partial charge is 0.270 e. The van der Waals surface area contributed by atoms with Gasteiger partial charge in [-0.2, -0.15) is 5.10 Å². The molecular formula is C19H25ClN6O4. The van der Waals surface area contributed by atoms with Crippen LogP contribution in [0, 0.1) is 6.92 Å². The molecule has 3 heterocycles. The van der Waals surface area contributed by atoms with Crippen molar-refractivity contribution in [1.82, 2.24) is 25.1 Å². The summed E-state index contributed by atoms with van der Waals surface area (Å²) < 4.78 is 11.3. The van der Waals surface area contributed by atoms with Crippen molar-refractivity contribution in [3.05, 3.63) is 39.5 Å². The number of hydrogen-bond acceptors (Lipinski definition) is 8. The Hall–Kier alpha value is -2.72. The van der Waals surface area contributed by atoms with Gasteiger partial charge in [0, 0.05) is 26.2 Å². The fourth-order valence-corrected chi connectivity index (χ4v) is 3.07. The van der Waals surface area contributed by atoms with E-state index in [-0.39, 0.29) is 24.2 Å². The second-order valence-electron chi connectivity index (χ2n) is 7.00. The number of carbonyl (C=O) groups is 1. The number of nitrogens with one attached hydrogen (secondary N) is 1. The molecule has 0 spiro atoms. The number of aromatic nitrogens is 4. The van der Waals surface area contributed by atoms with E-state index in [4.69, 9.17) is 21.1 Å². The molecule has 1 aliphatic heterocycles. The van der Waals surface area contributed by atoms with E-state index in [0.29, 0.717) is 61.5 Å². The second kappa shape index (κ2) is 10.4. The van der Waals surface area contributed by atoms with Gasteiger partial charge in [-0.15, -0.1) is 0 Å². The van der Waals surface area contributed by atoms with Crippen LogP contribution in [0.2, 0.25) is 5.02 Å². The van der Waals surface area contributed by atoms with E-state index < -0.39 is 0 Å². The second-order valence-corrected chi connectivity index (χ2v) is 7.44. The predicted octanol–water partition coefficient (Wildman–Crippen LogP) is 1.04. The molecule has 11 heteroatoms. The number of hydrogen-bond donors (Lipinski definition) is 1. The first-order valence-corrected chi connectivity index (χ1v) is 10.1. The summed E-state index contributed by atoms with van der Waals surface area (Å²) in [7, 11) is 0. The lowest BCUT2D eigenvalue weighted by Gasteiger charge is -2.34. The third kappa shape index (κ3) is 5.90. The maximum Gasteiger partial charge on any atom is 0.270 e. The van der Waals surface area contributed by atoms with Gasteiger partial charge in [0.1, 0.15) is 12.4 Å².